The van der Waals surface area contributed by atoms with Gasteiger partial charge >= 0.3 is 5.97 Å². The van der Waals surface area contributed by atoms with Crippen molar-refractivity contribution in [3.05, 3.63) is 23.8 Å². The molecule has 3 aliphatic rings. The third-order valence-corrected chi connectivity index (χ3v) is 6.72. The predicted molar refractivity (Wildman–Crippen MR) is 121 cm³/mol. The molecule has 8 nitrogen and oxygen atoms in total. The minimum atomic E-state index is -0.0941. The number of likely N-dealkylation sites (tertiary alicyclic amines) is 1. The van der Waals surface area contributed by atoms with Crippen molar-refractivity contribution in [1.29, 1.82) is 0 Å². The van der Waals surface area contributed by atoms with E-state index in [2.05, 4.69) is 29.3 Å². The second-order valence-corrected chi connectivity index (χ2v) is 8.64. The number of ether oxygens (including phenoxy) is 4. The number of guanidine groups is 1. The predicted octanol–water partition coefficient (Wildman–Crippen LogP) is 2.70. The third kappa shape index (κ3) is 4.95. The molecule has 3 heterocycles. The summed E-state index contributed by atoms with van der Waals surface area (Å²) in [6.45, 7) is 9.20. The Morgan fingerprint density at radius 2 is 1.94 bits per heavy atom. The lowest BCUT2D eigenvalue weighted by Gasteiger charge is -2.38. The monoisotopic (exact) mass is 445 g/mol. The van der Waals surface area contributed by atoms with Crippen molar-refractivity contribution in [3.8, 4) is 11.5 Å². The molecule has 0 atom stereocenters. The Morgan fingerprint density at radius 3 is 2.66 bits per heavy atom. The Labute approximate surface area is 190 Å². The first kappa shape index (κ1) is 22.7. The van der Waals surface area contributed by atoms with Gasteiger partial charge in [-0.25, -0.2) is 0 Å². The highest BCUT2D eigenvalue weighted by Gasteiger charge is 2.36. The normalized spacial score (nSPS) is 20.8. The fourth-order valence-electron chi connectivity index (χ4n) is 4.77. The molecule has 1 aromatic rings. The number of benzene rings is 1. The highest BCUT2D eigenvalue weighted by atomic mass is 16.7. The van der Waals surface area contributed by atoms with E-state index in [4.69, 9.17) is 23.9 Å². The summed E-state index contributed by atoms with van der Waals surface area (Å²) in [7, 11) is 0. The number of hydrogen-bond donors (Lipinski definition) is 1. The second-order valence-electron chi connectivity index (χ2n) is 8.64. The molecule has 32 heavy (non-hydrogen) atoms. The fraction of sp³-hybridized carbons (Fsp3) is 0.667. The molecule has 2 fully saturated rings. The fourth-order valence-corrected chi connectivity index (χ4v) is 4.77. The van der Waals surface area contributed by atoms with E-state index in [9.17, 15) is 4.79 Å². The summed E-state index contributed by atoms with van der Waals surface area (Å²) >= 11 is 0. The number of piperidine rings is 1. The number of nitrogens with one attached hydrogen (secondary N) is 1. The molecule has 0 spiro atoms. The lowest BCUT2D eigenvalue weighted by atomic mass is 9.74. The molecule has 2 saturated heterocycles. The van der Waals surface area contributed by atoms with Gasteiger partial charge in [-0.3, -0.25) is 9.79 Å². The number of rotatable bonds is 6. The molecule has 4 rings (SSSR count). The van der Waals surface area contributed by atoms with Gasteiger partial charge in [0.2, 0.25) is 6.79 Å². The molecular weight excluding hydrogens is 410 g/mol. The lowest BCUT2D eigenvalue weighted by molar-refractivity contribution is -0.149. The lowest BCUT2D eigenvalue weighted by Crippen LogP contribution is -2.47. The Morgan fingerprint density at radius 1 is 1.19 bits per heavy atom. The van der Waals surface area contributed by atoms with Crippen molar-refractivity contribution in [2.45, 2.75) is 44.9 Å². The van der Waals surface area contributed by atoms with Crippen molar-refractivity contribution < 1.29 is 23.7 Å². The minimum absolute atomic E-state index is 0.00968. The van der Waals surface area contributed by atoms with Crippen LogP contribution < -0.4 is 14.8 Å². The average Bonchev–Trinajstić information content (AvgIpc) is 3.31. The van der Waals surface area contributed by atoms with Crippen LogP contribution in [0, 0.1) is 5.92 Å². The Hall–Kier alpha value is -2.48. The maximum atomic E-state index is 12.1. The van der Waals surface area contributed by atoms with E-state index >= 15 is 0 Å². The van der Waals surface area contributed by atoms with Crippen LogP contribution in [-0.4, -0.2) is 69.6 Å². The summed E-state index contributed by atoms with van der Waals surface area (Å²) in [5, 5.41) is 3.46. The Balaban J connectivity index is 1.49. The van der Waals surface area contributed by atoms with E-state index < -0.39 is 0 Å². The number of fused-ring (bicyclic) bond motifs is 1. The molecule has 1 aromatic carbocycles. The zero-order valence-corrected chi connectivity index (χ0v) is 19.2. The van der Waals surface area contributed by atoms with E-state index in [1.54, 1.807) is 0 Å². The number of carbonyl (C=O) groups excluding carboxylic acids is 1. The molecule has 0 amide bonds. The molecular formula is C24H35N3O5. The average molecular weight is 446 g/mol. The van der Waals surface area contributed by atoms with Crippen molar-refractivity contribution in [1.82, 2.24) is 10.2 Å². The number of hydrogen-bond acceptors (Lipinski definition) is 6. The van der Waals surface area contributed by atoms with E-state index in [0.29, 0.717) is 13.2 Å². The van der Waals surface area contributed by atoms with Gasteiger partial charge < -0.3 is 29.2 Å². The molecule has 0 aliphatic carbocycles. The summed E-state index contributed by atoms with van der Waals surface area (Å²) < 4.78 is 22.0. The summed E-state index contributed by atoms with van der Waals surface area (Å²) in [5.74, 6) is 2.45. The van der Waals surface area contributed by atoms with E-state index in [0.717, 1.165) is 76.0 Å². The van der Waals surface area contributed by atoms with Crippen molar-refractivity contribution in [2.24, 2.45) is 10.9 Å². The van der Waals surface area contributed by atoms with Gasteiger partial charge in [0, 0.05) is 38.3 Å². The van der Waals surface area contributed by atoms with Gasteiger partial charge in [0.1, 0.15) is 0 Å². The van der Waals surface area contributed by atoms with Crippen LogP contribution in [0.1, 0.15) is 45.1 Å². The van der Waals surface area contributed by atoms with Crippen molar-refractivity contribution >= 4 is 11.9 Å². The van der Waals surface area contributed by atoms with E-state index in [-0.39, 0.29) is 24.1 Å². The Kier molecular flexibility index (Phi) is 7.40. The molecule has 0 bridgehead atoms. The van der Waals surface area contributed by atoms with Crippen LogP contribution in [0.4, 0.5) is 0 Å². The Bertz CT molecular complexity index is 814. The van der Waals surface area contributed by atoms with Crippen LogP contribution in [0.5, 0.6) is 11.5 Å². The van der Waals surface area contributed by atoms with Crippen LogP contribution in [-0.2, 0) is 19.7 Å². The number of esters is 1. The van der Waals surface area contributed by atoms with Gasteiger partial charge in [0.25, 0.3) is 0 Å². The van der Waals surface area contributed by atoms with Crippen LogP contribution in [0.25, 0.3) is 0 Å². The van der Waals surface area contributed by atoms with Gasteiger partial charge in [-0.2, -0.15) is 0 Å². The van der Waals surface area contributed by atoms with Gasteiger partial charge in [-0.05, 0) is 57.2 Å². The first-order valence-corrected chi connectivity index (χ1v) is 11.8. The molecule has 0 unspecified atom stereocenters. The summed E-state index contributed by atoms with van der Waals surface area (Å²) in [6, 6.07) is 6.26. The summed E-state index contributed by atoms with van der Waals surface area (Å²) in [6.07, 6.45) is 3.43. The van der Waals surface area contributed by atoms with Gasteiger partial charge in [0.15, 0.2) is 17.5 Å². The smallest absolute Gasteiger partial charge is 0.309 e. The van der Waals surface area contributed by atoms with Crippen LogP contribution in [0.3, 0.4) is 0 Å². The zero-order chi connectivity index (χ0) is 22.4. The third-order valence-electron chi connectivity index (χ3n) is 6.72. The summed E-state index contributed by atoms with van der Waals surface area (Å²) in [5.41, 5.74) is 1.13. The summed E-state index contributed by atoms with van der Waals surface area (Å²) in [4.78, 5) is 19.5. The quantitative estimate of drug-likeness (QED) is 0.410. The molecule has 1 N–H and O–H groups in total. The molecule has 0 saturated carbocycles. The van der Waals surface area contributed by atoms with Crippen molar-refractivity contribution in [3.63, 3.8) is 0 Å². The molecule has 0 aromatic heterocycles. The van der Waals surface area contributed by atoms with Gasteiger partial charge in [-0.15, -0.1) is 0 Å². The highest BCUT2D eigenvalue weighted by molar-refractivity contribution is 5.80. The van der Waals surface area contributed by atoms with Crippen LogP contribution >= 0.6 is 0 Å². The molecule has 3 aliphatic heterocycles. The largest absolute Gasteiger partial charge is 0.466 e. The van der Waals surface area contributed by atoms with E-state index in [1.165, 1.54) is 5.56 Å². The number of aliphatic imine (C=N–C) groups is 1. The maximum Gasteiger partial charge on any atom is 0.309 e. The maximum absolute atomic E-state index is 12.1. The number of nitrogens with zero attached hydrogens (tertiary/aromatic N) is 2. The molecule has 176 valence electrons. The van der Waals surface area contributed by atoms with Crippen LogP contribution in [0.15, 0.2) is 23.2 Å². The highest BCUT2D eigenvalue weighted by Crippen LogP contribution is 2.41. The van der Waals surface area contributed by atoms with Gasteiger partial charge in [0.05, 0.1) is 19.1 Å². The zero-order valence-electron chi connectivity index (χ0n) is 19.2. The SMILES string of the molecule is CCNC(=NCC1(c2ccc3c(c2)OCO3)CCOCC1)N1CCC(C(=O)OCC)CC1. The van der Waals surface area contributed by atoms with Crippen molar-refractivity contribution in [2.75, 3.05) is 52.8 Å². The first-order chi connectivity index (χ1) is 15.6. The first-order valence-electron chi connectivity index (χ1n) is 11.8. The van der Waals surface area contributed by atoms with E-state index in [1.807, 2.05) is 13.0 Å². The molecule has 8 heteroatoms. The molecule has 0 radical (unpaired) electrons. The topological polar surface area (TPSA) is 81.6 Å². The minimum Gasteiger partial charge on any atom is -0.466 e. The standard InChI is InChI=1S/C24H35N3O5/c1-3-25-23(27-11-7-18(8-12-27)22(28)30-4-2)26-16-24(9-13-29-14-10-24)19-5-6-20-21(15-19)32-17-31-20/h5-6,15,18H,3-4,7-14,16-17H2,1-2H3,(H,25,26). The number of carbonyl (C=O) groups is 1. The van der Waals surface area contributed by atoms with Crippen LogP contribution in [0.2, 0.25) is 0 Å². The second kappa shape index (κ2) is 10.4. The van der Waals surface area contributed by atoms with Gasteiger partial charge in [-0.1, -0.05) is 6.07 Å².